The molecule has 1 spiro atoms. The molecule has 1 aliphatic carbocycles. The van der Waals surface area contributed by atoms with E-state index in [2.05, 4.69) is 5.32 Å². The number of carbonyl (C=O) groups excluding carboxylic acids is 1. The summed E-state index contributed by atoms with van der Waals surface area (Å²) < 4.78 is 0. The Balaban J connectivity index is 1.95. The van der Waals surface area contributed by atoms with Crippen LogP contribution in [0.15, 0.2) is 0 Å². The summed E-state index contributed by atoms with van der Waals surface area (Å²) in [6.45, 7) is 2.02. The molecule has 1 unspecified atom stereocenters. The number of carbonyl (C=O) groups is 1. The van der Waals surface area contributed by atoms with E-state index in [1.807, 2.05) is 0 Å². The first kappa shape index (κ1) is 8.01. The fraction of sp³-hybridized carbons (Fsp3) is 0.875. The van der Waals surface area contributed by atoms with Crippen molar-refractivity contribution in [2.75, 3.05) is 13.1 Å². The van der Waals surface area contributed by atoms with E-state index in [9.17, 15) is 4.79 Å². The quantitative estimate of drug-likeness (QED) is 0.380. The molecule has 68 valence electrons. The zero-order valence-corrected chi connectivity index (χ0v) is 6.97. The minimum Gasteiger partial charge on any atom is -0.317 e. The van der Waals surface area contributed by atoms with Crippen LogP contribution in [0.2, 0.25) is 0 Å². The molecule has 1 aliphatic heterocycles. The molecule has 4 nitrogen and oxygen atoms in total. The molecular weight excluding hydrogens is 156 g/mol. The van der Waals surface area contributed by atoms with Gasteiger partial charge in [-0.05, 0) is 37.8 Å². The van der Waals surface area contributed by atoms with Gasteiger partial charge in [0.15, 0.2) is 0 Å². The molecule has 0 aromatic rings. The van der Waals surface area contributed by atoms with E-state index in [-0.39, 0.29) is 17.2 Å². The van der Waals surface area contributed by atoms with Crippen LogP contribution in [-0.4, -0.2) is 24.2 Å². The van der Waals surface area contributed by atoms with Crippen LogP contribution in [-0.2, 0) is 4.79 Å². The van der Waals surface area contributed by atoms with Crippen LogP contribution in [0.1, 0.15) is 19.3 Å². The highest BCUT2D eigenvalue weighted by molar-refractivity contribution is 5.81. The molecular formula is C8H14N2O2. The predicted octanol–water partition coefficient (Wildman–Crippen LogP) is -0.119. The lowest BCUT2D eigenvalue weighted by atomic mass is 9.92. The van der Waals surface area contributed by atoms with Crippen molar-refractivity contribution >= 4 is 5.91 Å². The number of rotatable bonds is 1. The number of amides is 1. The molecule has 2 fully saturated rings. The number of nitrogens with one attached hydrogen (secondary N) is 2. The number of hydrogen-bond donors (Lipinski definition) is 3. The third-order valence-electron chi connectivity index (χ3n) is 3.22. The van der Waals surface area contributed by atoms with Gasteiger partial charge in [-0.15, -0.1) is 0 Å². The van der Waals surface area contributed by atoms with Gasteiger partial charge in [0.2, 0.25) is 5.91 Å². The second-order valence-electron chi connectivity index (χ2n) is 3.85. The first-order valence-electron chi connectivity index (χ1n) is 4.43. The summed E-state index contributed by atoms with van der Waals surface area (Å²) in [6.07, 6.45) is 3.11. The summed E-state index contributed by atoms with van der Waals surface area (Å²) in [6, 6.07) is 0. The Morgan fingerprint density at radius 3 is 2.75 bits per heavy atom. The molecule has 12 heavy (non-hydrogen) atoms. The van der Waals surface area contributed by atoms with E-state index in [0.717, 1.165) is 32.4 Å². The van der Waals surface area contributed by atoms with Gasteiger partial charge in [0.05, 0.1) is 0 Å². The van der Waals surface area contributed by atoms with Crippen molar-refractivity contribution in [2.45, 2.75) is 19.3 Å². The number of piperidine rings is 1. The van der Waals surface area contributed by atoms with Crippen LogP contribution in [0.25, 0.3) is 0 Å². The normalized spacial score (nSPS) is 31.6. The van der Waals surface area contributed by atoms with Crippen LogP contribution in [0.4, 0.5) is 0 Å². The zero-order chi connectivity index (χ0) is 8.60. The van der Waals surface area contributed by atoms with Crippen LogP contribution in [0.5, 0.6) is 0 Å². The second-order valence-corrected chi connectivity index (χ2v) is 3.85. The molecule has 1 atom stereocenters. The average molecular weight is 170 g/mol. The van der Waals surface area contributed by atoms with Gasteiger partial charge >= 0.3 is 0 Å². The maximum atomic E-state index is 11.1. The number of hydroxylamine groups is 1. The van der Waals surface area contributed by atoms with E-state index in [1.54, 1.807) is 5.48 Å². The fourth-order valence-corrected chi connectivity index (χ4v) is 2.27. The minimum atomic E-state index is -0.197. The van der Waals surface area contributed by atoms with E-state index in [0.29, 0.717) is 0 Å². The van der Waals surface area contributed by atoms with Crippen molar-refractivity contribution in [2.24, 2.45) is 11.3 Å². The molecule has 0 radical (unpaired) electrons. The van der Waals surface area contributed by atoms with Crippen LogP contribution in [0, 0.1) is 11.3 Å². The van der Waals surface area contributed by atoms with Gasteiger partial charge in [0, 0.05) is 5.92 Å². The summed E-state index contributed by atoms with van der Waals surface area (Å²) in [4.78, 5) is 11.1. The molecule has 0 aromatic heterocycles. The average Bonchev–Trinajstić information content (AvgIpc) is 2.80. The monoisotopic (exact) mass is 170 g/mol. The lowest BCUT2D eigenvalue weighted by molar-refractivity contribution is -0.131. The van der Waals surface area contributed by atoms with Gasteiger partial charge in [0.25, 0.3) is 0 Å². The second kappa shape index (κ2) is 2.71. The Labute approximate surface area is 71.3 Å². The molecule has 1 saturated heterocycles. The van der Waals surface area contributed by atoms with Crippen molar-refractivity contribution in [1.82, 2.24) is 10.8 Å². The van der Waals surface area contributed by atoms with Gasteiger partial charge in [0.1, 0.15) is 0 Å². The largest absolute Gasteiger partial charge is 0.317 e. The molecule has 0 aromatic carbocycles. The lowest BCUT2D eigenvalue weighted by Gasteiger charge is -2.22. The van der Waals surface area contributed by atoms with Gasteiger partial charge in [-0.3, -0.25) is 10.0 Å². The lowest BCUT2D eigenvalue weighted by Crippen LogP contribution is -2.32. The molecule has 0 bridgehead atoms. The van der Waals surface area contributed by atoms with Crippen molar-refractivity contribution in [3.63, 3.8) is 0 Å². The van der Waals surface area contributed by atoms with Gasteiger partial charge in [-0.2, -0.15) is 0 Å². The van der Waals surface area contributed by atoms with Gasteiger partial charge in [-0.25, -0.2) is 5.48 Å². The minimum absolute atomic E-state index is 0.0737. The number of hydrogen-bond acceptors (Lipinski definition) is 3. The topological polar surface area (TPSA) is 61.4 Å². The maximum absolute atomic E-state index is 11.1. The predicted molar refractivity (Wildman–Crippen MR) is 42.6 cm³/mol. The van der Waals surface area contributed by atoms with Gasteiger partial charge < -0.3 is 5.32 Å². The third-order valence-corrected chi connectivity index (χ3v) is 3.22. The Kier molecular flexibility index (Phi) is 1.81. The highest BCUT2D eigenvalue weighted by Gasteiger charge is 2.57. The van der Waals surface area contributed by atoms with Crippen molar-refractivity contribution in [1.29, 1.82) is 0 Å². The molecule has 4 heteroatoms. The third kappa shape index (κ3) is 1.11. The Hall–Kier alpha value is -0.610. The first-order chi connectivity index (χ1) is 5.78. The van der Waals surface area contributed by atoms with Gasteiger partial charge in [-0.1, -0.05) is 0 Å². The smallest absolute Gasteiger partial charge is 0.247 e. The molecule has 1 amide bonds. The molecule has 3 N–H and O–H groups in total. The van der Waals surface area contributed by atoms with Crippen molar-refractivity contribution in [3.8, 4) is 0 Å². The zero-order valence-electron chi connectivity index (χ0n) is 6.97. The maximum Gasteiger partial charge on any atom is 0.247 e. The van der Waals surface area contributed by atoms with E-state index in [1.165, 1.54) is 0 Å². The Morgan fingerprint density at radius 2 is 2.17 bits per heavy atom. The van der Waals surface area contributed by atoms with Crippen LogP contribution < -0.4 is 10.8 Å². The summed E-state index contributed by atoms with van der Waals surface area (Å²) >= 11 is 0. The first-order valence-corrected chi connectivity index (χ1v) is 4.43. The SMILES string of the molecule is O=C(NO)C1CC12CCNCC2. The van der Waals surface area contributed by atoms with E-state index in [4.69, 9.17) is 5.21 Å². The summed E-state index contributed by atoms with van der Waals surface area (Å²) in [5.41, 5.74) is 1.97. The Bertz CT molecular complexity index is 199. The summed E-state index contributed by atoms with van der Waals surface area (Å²) in [7, 11) is 0. The summed E-state index contributed by atoms with van der Waals surface area (Å²) in [5, 5.41) is 11.7. The van der Waals surface area contributed by atoms with Crippen molar-refractivity contribution in [3.05, 3.63) is 0 Å². The van der Waals surface area contributed by atoms with Crippen LogP contribution >= 0.6 is 0 Å². The van der Waals surface area contributed by atoms with E-state index >= 15 is 0 Å². The molecule has 1 saturated carbocycles. The van der Waals surface area contributed by atoms with Crippen LogP contribution in [0.3, 0.4) is 0 Å². The highest BCUT2D eigenvalue weighted by Crippen LogP contribution is 2.58. The summed E-state index contributed by atoms with van der Waals surface area (Å²) in [5.74, 6) is -0.124. The highest BCUT2D eigenvalue weighted by atomic mass is 16.5. The Morgan fingerprint density at radius 1 is 1.50 bits per heavy atom. The molecule has 2 aliphatic rings. The molecule has 2 rings (SSSR count). The standard InChI is InChI=1S/C8H14N2O2/c11-7(10-12)6-5-8(6)1-3-9-4-2-8/h6,9,12H,1-5H2,(H,10,11). The fourth-order valence-electron chi connectivity index (χ4n) is 2.27. The molecule has 1 heterocycles. The van der Waals surface area contributed by atoms with E-state index < -0.39 is 0 Å². The van der Waals surface area contributed by atoms with Crippen molar-refractivity contribution < 1.29 is 10.0 Å².